The molecule has 0 heterocycles. The number of benzene rings is 2. The first kappa shape index (κ1) is 16.1. The molecule has 2 aromatic rings. The molecule has 0 aliphatic heterocycles. The molecular formula is C12H11N2O4S2+. The van der Waals surface area contributed by atoms with Crippen LogP contribution in [0.1, 0.15) is 0 Å². The molecule has 0 spiro atoms. The SMILES string of the molecule is N#[N+]c1ccc(Sc2ccccc2)cc1.O=S(=O)(O)O. The van der Waals surface area contributed by atoms with Gasteiger partial charge in [-0.25, -0.2) is 0 Å². The Hall–Kier alpha value is -1.92. The highest BCUT2D eigenvalue weighted by molar-refractivity contribution is 7.99. The molecule has 2 N–H and O–H groups in total. The summed E-state index contributed by atoms with van der Waals surface area (Å²) in [7, 11) is -4.67. The van der Waals surface area contributed by atoms with Crippen LogP contribution in [0.2, 0.25) is 0 Å². The third-order valence-electron chi connectivity index (χ3n) is 1.93. The van der Waals surface area contributed by atoms with E-state index in [0.717, 1.165) is 4.90 Å². The van der Waals surface area contributed by atoms with E-state index < -0.39 is 10.4 Å². The van der Waals surface area contributed by atoms with Gasteiger partial charge in [0.1, 0.15) is 0 Å². The predicted molar refractivity (Wildman–Crippen MR) is 75.9 cm³/mol. The summed E-state index contributed by atoms with van der Waals surface area (Å²) in [6, 6.07) is 17.6. The zero-order valence-corrected chi connectivity index (χ0v) is 11.8. The summed E-state index contributed by atoms with van der Waals surface area (Å²) in [6.45, 7) is 0. The molecule has 0 aromatic heterocycles. The van der Waals surface area contributed by atoms with Gasteiger partial charge in [0.25, 0.3) is 0 Å². The van der Waals surface area contributed by atoms with E-state index in [-0.39, 0.29) is 0 Å². The molecule has 0 saturated heterocycles. The Morgan fingerprint density at radius 2 is 1.35 bits per heavy atom. The topological polar surface area (TPSA) is 103 Å². The normalized spacial score (nSPS) is 10.1. The van der Waals surface area contributed by atoms with Crippen molar-refractivity contribution in [3.63, 3.8) is 0 Å². The Balaban J connectivity index is 0.000000347. The average Bonchev–Trinajstić information content (AvgIpc) is 2.39. The molecule has 104 valence electrons. The van der Waals surface area contributed by atoms with Gasteiger partial charge in [-0.05, 0) is 24.3 Å². The molecule has 8 heteroatoms. The van der Waals surface area contributed by atoms with Crippen molar-refractivity contribution in [2.45, 2.75) is 9.79 Å². The monoisotopic (exact) mass is 311 g/mol. The van der Waals surface area contributed by atoms with E-state index in [1.165, 1.54) is 4.90 Å². The highest BCUT2D eigenvalue weighted by Gasteiger charge is 2.03. The number of diazo groups is 1. The molecular weight excluding hydrogens is 300 g/mol. The van der Waals surface area contributed by atoms with E-state index in [0.29, 0.717) is 5.69 Å². The van der Waals surface area contributed by atoms with Gasteiger partial charge in [-0.1, -0.05) is 30.0 Å². The van der Waals surface area contributed by atoms with Crippen molar-refractivity contribution >= 4 is 27.8 Å². The van der Waals surface area contributed by atoms with Crippen LogP contribution in [-0.2, 0) is 10.4 Å². The fourth-order valence-corrected chi connectivity index (χ4v) is 2.04. The van der Waals surface area contributed by atoms with Crippen LogP contribution in [0.4, 0.5) is 5.69 Å². The summed E-state index contributed by atoms with van der Waals surface area (Å²) >= 11 is 1.68. The second kappa shape index (κ2) is 7.62. The summed E-state index contributed by atoms with van der Waals surface area (Å²) in [5, 5.41) is 8.54. The molecule has 0 bridgehead atoms. The van der Waals surface area contributed by atoms with Gasteiger partial charge < -0.3 is 0 Å². The Bertz CT molecular complexity index is 672. The van der Waals surface area contributed by atoms with E-state index >= 15 is 0 Å². The molecule has 0 atom stereocenters. The Labute approximate surface area is 120 Å². The maximum absolute atomic E-state index is 8.74. The minimum absolute atomic E-state index is 0.576. The van der Waals surface area contributed by atoms with Gasteiger partial charge in [0, 0.05) is 21.9 Å². The van der Waals surface area contributed by atoms with Gasteiger partial charge in [0.05, 0.1) is 0 Å². The molecule has 0 amide bonds. The summed E-state index contributed by atoms with van der Waals surface area (Å²) in [5.41, 5.74) is 0.576. The highest BCUT2D eigenvalue weighted by Crippen LogP contribution is 2.28. The van der Waals surface area contributed by atoms with Gasteiger partial charge in [0.15, 0.2) is 4.98 Å². The standard InChI is InChI=1S/C12H9N2S.H2O4S/c13-14-10-6-8-12(9-7-10)15-11-4-2-1-3-5-11;1-5(2,3)4/h1-9H;(H2,1,2,3,4)/q+1;. The van der Waals surface area contributed by atoms with Crippen molar-refractivity contribution < 1.29 is 17.5 Å². The quantitative estimate of drug-likeness (QED) is 0.648. The van der Waals surface area contributed by atoms with Gasteiger partial charge in [-0.15, -0.1) is 0 Å². The molecule has 0 unspecified atom stereocenters. The van der Waals surface area contributed by atoms with Gasteiger partial charge >= 0.3 is 16.1 Å². The minimum atomic E-state index is -4.67. The number of hydrogen-bond donors (Lipinski definition) is 2. The van der Waals surface area contributed by atoms with Crippen molar-refractivity contribution in [3.8, 4) is 0 Å². The average molecular weight is 311 g/mol. The number of hydrogen-bond acceptors (Lipinski definition) is 4. The lowest BCUT2D eigenvalue weighted by atomic mass is 10.3. The lowest BCUT2D eigenvalue weighted by molar-refractivity contribution is 0.381. The smallest absolute Gasteiger partial charge is 0.264 e. The summed E-state index contributed by atoms with van der Waals surface area (Å²) in [6.07, 6.45) is 0. The molecule has 0 aliphatic carbocycles. The third-order valence-corrected chi connectivity index (χ3v) is 2.95. The number of nitrogens with zero attached hydrogens (tertiary/aromatic N) is 2. The van der Waals surface area contributed by atoms with Crippen molar-refractivity contribution in [3.05, 3.63) is 59.6 Å². The molecule has 0 saturated carbocycles. The first-order valence-corrected chi connectivity index (χ1v) is 7.48. The third kappa shape index (κ3) is 7.50. The van der Waals surface area contributed by atoms with Crippen LogP contribution < -0.4 is 0 Å². The van der Waals surface area contributed by atoms with Crippen molar-refractivity contribution in [1.82, 2.24) is 0 Å². The van der Waals surface area contributed by atoms with Crippen LogP contribution in [0.15, 0.2) is 64.4 Å². The fraction of sp³-hybridized carbons (Fsp3) is 0. The fourth-order valence-electron chi connectivity index (χ4n) is 1.21. The summed E-state index contributed by atoms with van der Waals surface area (Å²) in [4.78, 5) is 5.44. The molecule has 20 heavy (non-hydrogen) atoms. The zero-order chi connectivity index (χ0) is 15.0. The van der Waals surface area contributed by atoms with Crippen molar-refractivity contribution in [2.24, 2.45) is 0 Å². The maximum atomic E-state index is 8.74. The molecule has 2 aromatic carbocycles. The lowest BCUT2D eigenvalue weighted by Gasteiger charge is -1.98. The van der Waals surface area contributed by atoms with Crippen LogP contribution in [0.5, 0.6) is 0 Å². The van der Waals surface area contributed by atoms with E-state index in [9.17, 15) is 0 Å². The van der Waals surface area contributed by atoms with E-state index in [1.807, 2.05) is 30.3 Å². The van der Waals surface area contributed by atoms with Gasteiger partial charge in [0.2, 0.25) is 5.39 Å². The van der Waals surface area contributed by atoms with Gasteiger partial charge in [-0.2, -0.15) is 8.42 Å². The zero-order valence-electron chi connectivity index (χ0n) is 10.1. The second-order valence-electron chi connectivity index (χ2n) is 3.46. The molecule has 0 aliphatic rings. The highest BCUT2D eigenvalue weighted by atomic mass is 32.3. The van der Waals surface area contributed by atoms with Crippen molar-refractivity contribution in [1.29, 1.82) is 5.39 Å². The maximum Gasteiger partial charge on any atom is 0.394 e. The van der Waals surface area contributed by atoms with E-state index in [1.54, 1.807) is 23.9 Å². The largest absolute Gasteiger partial charge is 0.394 e. The minimum Gasteiger partial charge on any atom is -0.264 e. The molecule has 2 rings (SSSR count). The van der Waals surface area contributed by atoms with Crippen LogP contribution >= 0.6 is 11.8 Å². The Morgan fingerprint density at radius 3 is 1.80 bits per heavy atom. The number of rotatable bonds is 2. The molecule has 0 radical (unpaired) electrons. The summed E-state index contributed by atoms with van der Waals surface area (Å²) in [5.74, 6) is 0. The van der Waals surface area contributed by atoms with Crippen LogP contribution in [0, 0.1) is 5.39 Å². The summed E-state index contributed by atoms with van der Waals surface area (Å²) < 4.78 is 31.6. The van der Waals surface area contributed by atoms with Gasteiger partial charge in [-0.3, -0.25) is 9.11 Å². The molecule has 0 fully saturated rings. The first-order valence-electron chi connectivity index (χ1n) is 5.26. The van der Waals surface area contributed by atoms with Crippen LogP contribution in [-0.4, -0.2) is 17.5 Å². The Kier molecular flexibility index (Phi) is 6.14. The van der Waals surface area contributed by atoms with E-state index in [2.05, 4.69) is 17.1 Å². The first-order chi connectivity index (χ1) is 9.38. The predicted octanol–water partition coefficient (Wildman–Crippen LogP) is 3.67. The lowest BCUT2D eigenvalue weighted by Crippen LogP contribution is -1.89. The molecule has 6 nitrogen and oxygen atoms in total. The second-order valence-corrected chi connectivity index (χ2v) is 5.50. The van der Waals surface area contributed by atoms with Crippen LogP contribution in [0.3, 0.4) is 0 Å². The van der Waals surface area contributed by atoms with Crippen molar-refractivity contribution in [2.75, 3.05) is 0 Å². The van der Waals surface area contributed by atoms with E-state index in [4.69, 9.17) is 22.9 Å². The van der Waals surface area contributed by atoms with Crippen LogP contribution in [0.25, 0.3) is 4.98 Å². The Morgan fingerprint density at radius 1 is 0.900 bits per heavy atom.